The van der Waals surface area contributed by atoms with Crippen LogP contribution in [0.1, 0.15) is 19.8 Å². The number of rotatable bonds is 5. The largest absolute Gasteiger partial charge is 0.369 e. The maximum absolute atomic E-state index is 12.7. The van der Waals surface area contributed by atoms with Gasteiger partial charge in [0.15, 0.2) is 0 Å². The molecular formula is C19H23N3O4S. The zero-order chi connectivity index (χ0) is 19.6. The van der Waals surface area contributed by atoms with Crippen molar-refractivity contribution in [2.45, 2.75) is 30.7 Å². The molecule has 1 fully saturated rings. The number of sulfonamides is 1. The number of piperidine rings is 1. The summed E-state index contributed by atoms with van der Waals surface area (Å²) in [7, 11) is -3.83. The summed E-state index contributed by atoms with van der Waals surface area (Å²) in [5.41, 5.74) is 5.30. The first-order valence-electron chi connectivity index (χ1n) is 8.87. The van der Waals surface area contributed by atoms with Crippen LogP contribution in [0.5, 0.6) is 0 Å². The molecular weight excluding hydrogens is 366 g/mol. The number of hydrogen-bond acceptors (Lipinski definition) is 4. The summed E-state index contributed by atoms with van der Waals surface area (Å²) in [5, 5.41) is 1.76. The van der Waals surface area contributed by atoms with E-state index in [-0.39, 0.29) is 22.6 Å². The fraction of sp³-hybridized carbons (Fsp3) is 0.368. The van der Waals surface area contributed by atoms with Crippen LogP contribution in [-0.4, -0.2) is 44.3 Å². The first kappa shape index (κ1) is 19.3. The van der Waals surface area contributed by atoms with E-state index in [1.165, 1.54) is 13.0 Å². The molecule has 1 aliphatic rings. The number of nitrogens with one attached hydrogen (secondary N) is 1. The van der Waals surface area contributed by atoms with Crippen LogP contribution >= 0.6 is 0 Å². The van der Waals surface area contributed by atoms with E-state index in [1.54, 1.807) is 17.0 Å². The van der Waals surface area contributed by atoms with Crippen LogP contribution in [0.2, 0.25) is 0 Å². The Bertz CT molecular complexity index is 966. The summed E-state index contributed by atoms with van der Waals surface area (Å²) in [5.74, 6) is -0.881. The predicted octanol–water partition coefficient (Wildman–Crippen LogP) is 1.23. The summed E-state index contributed by atoms with van der Waals surface area (Å²) >= 11 is 0. The highest BCUT2D eigenvalue weighted by Crippen LogP contribution is 2.20. The van der Waals surface area contributed by atoms with Gasteiger partial charge in [-0.15, -0.1) is 0 Å². The fourth-order valence-corrected chi connectivity index (χ4v) is 4.58. The van der Waals surface area contributed by atoms with Crippen LogP contribution in [0.15, 0.2) is 47.4 Å². The molecule has 0 unspecified atom stereocenters. The van der Waals surface area contributed by atoms with E-state index in [0.717, 1.165) is 10.8 Å². The molecule has 7 nitrogen and oxygen atoms in total. The van der Waals surface area contributed by atoms with E-state index in [4.69, 9.17) is 5.73 Å². The summed E-state index contributed by atoms with van der Waals surface area (Å²) < 4.78 is 27.8. The van der Waals surface area contributed by atoms with Crippen LogP contribution in [0.4, 0.5) is 0 Å². The molecule has 0 spiro atoms. The van der Waals surface area contributed by atoms with Crippen molar-refractivity contribution in [2.24, 2.45) is 11.7 Å². The van der Waals surface area contributed by atoms with E-state index in [2.05, 4.69) is 4.72 Å². The molecule has 2 amide bonds. The number of primary amides is 1. The van der Waals surface area contributed by atoms with Crippen LogP contribution in [0, 0.1) is 5.92 Å². The number of carbonyl (C=O) groups is 2. The Morgan fingerprint density at radius 1 is 1.11 bits per heavy atom. The fourth-order valence-electron chi connectivity index (χ4n) is 3.34. The van der Waals surface area contributed by atoms with Crippen molar-refractivity contribution in [2.75, 3.05) is 13.1 Å². The number of nitrogens with zero attached hydrogens (tertiary/aromatic N) is 1. The van der Waals surface area contributed by atoms with Crippen molar-refractivity contribution in [3.8, 4) is 0 Å². The number of benzene rings is 2. The lowest BCUT2D eigenvalue weighted by molar-refractivity contribution is -0.136. The normalized spacial score (nSPS) is 17.0. The highest BCUT2D eigenvalue weighted by atomic mass is 32.2. The second-order valence-electron chi connectivity index (χ2n) is 6.85. The van der Waals surface area contributed by atoms with Crippen molar-refractivity contribution in [1.82, 2.24) is 9.62 Å². The molecule has 0 saturated carbocycles. The minimum absolute atomic E-state index is 0.119. The van der Waals surface area contributed by atoms with Gasteiger partial charge in [-0.1, -0.05) is 30.3 Å². The van der Waals surface area contributed by atoms with Crippen molar-refractivity contribution >= 4 is 32.6 Å². The maximum atomic E-state index is 12.7. The van der Waals surface area contributed by atoms with Crippen molar-refractivity contribution in [3.05, 3.63) is 42.5 Å². The minimum atomic E-state index is -3.83. The van der Waals surface area contributed by atoms with Gasteiger partial charge in [0.1, 0.15) is 0 Å². The van der Waals surface area contributed by atoms with Gasteiger partial charge < -0.3 is 10.6 Å². The van der Waals surface area contributed by atoms with Crippen molar-refractivity contribution in [1.29, 1.82) is 0 Å². The Labute approximate surface area is 158 Å². The zero-order valence-corrected chi connectivity index (χ0v) is 15.9. The third kappa shape index (κ3) is 4.28. The van der Waals surface area contributed by atoms with Gasteiger partial charge in [0, 0.05) is 19.0 Å². The van der Waals surface area contributed by atoms with Gasteiger partial charge in [-0.2, -0.15) is 4.72 Å². The molecule has 1 atom stereocenters. The minimum Gasteiger partial charge on any atom is -0.369 e. The number of likely N-dealkylation sites (tertiary alicyclic amines) is 1. The van der Waals surface area contributed by atoms with Crippen LogP contribution in [0.25, 0.3) is 10.8 Å². The SMILES string of the molecule is C[C@H](NS(=O)(=O)c1ccc2ccccc2c1)C(=O)N1CCC(C(N)=O)CC1. The van der Waals surface area contributed by atoms with Gasteiger partial charge in [-0.05, 0) is 42.7 Å². The number of fused-ring (bicyclic) bond motifs is 1. The molecule has 1 saturated heterocycles. The van der Waals surface area contributed by atoms with E-state index < -0.39 is 16.1 Å². The average molecular weight is 389 g/mol. The average Bonchev–Trinajstić information content (AvgIpc) is 2.66. The van der Waals surface area contributed by atoms with E-state index in [1.807, 2.05) is 24.3 Å². The first-order chi connectivity index (χ1) is 12.8. The molecule has 2 aromatic carbocycles. The molecule has 0 radical (unpaired) electrons. The molecule has 0 aromatic heterocycles. The molecule has 0 aliphatic carbocycles. The number of nitrogens with two attached hydrogens (primary N) is 1. The van der Waals surface area contributed by atoms with E-state index in [0.29, 0.717) is 25.9 Å². The number of hydrogen-bond donors (Lipinski definition) is 2. The van der Waals surface area contributed by atoms with Gasteiger partial charge in [-0.25, -0.2) is 8.42 Å². The monoisotopic (exact) mass is 389 g/mol. The lowest BCUT2D eigenvalue weighted by Crippen LogP contribution is -2.50. The Balaban J connectivity index is 1.69. The highest BCUT2D eigenvalue weighted by Gasteiger charge is 2.30. The van der Waals surface area contributed by atoms with Gasteiger partial charge in [-0.3, -0.25) is 9.59 Å². The summed E-state index contributed by atoms with van der Waals surface area (Å²) in [6, 6.07) is 11.4. The highest BCUT2D eigenvalue weighted by molar-refractivity contribution is 7.89. The van der Waals surface area contributed by atoms with Crippen molar-refractivity contribution in [3.63, 3.8) is 0 Å². The molecule has 1 aliphatic heterocycles. The predicted molar refractivity (Wildman–Crippen MR) is 102 cm³/mol. The van der Waals surface area contributed by atoms with E-state index in [9.17, 15) is 18.0 Å². The Hall–Kier alpha value is -2.45. The van der Waals surface area contributed by atoms with Crippen LogP contribution in [0.3, 0.4) is 0 Å². The lowest BCUT2D eigenvalue weighted by Gasteiger charge is -2.32. The first-order valence-corrected chi connectivity index (χ1v) is 10.4. The van der Waals surface area contributed by atoms with Crippen LogP contribution < -0.4 is 10.5 Å². The molecule has 1 heterocycles. The molecule has 0 bridgehead atoms. The molecule has 2 aromatic rings. The molecule has 3 N–H and O–H groups in total. The topological polar surface area (TPSA) is 110 Å². The quantitative estimate of drug-likeness (QED) is 0.801. The smallest absolute Gasteiger partial charge is 0.241 e. The third-order valence-electron chi connectivity index (χ3n) is 4.94. The van der Waals surface area contributed by atoms with E-state index >= 15 is 0 Å². The number of carbonyl (C=O) groups excluding carboxylic acids is 2. The Kier molecular flexibility index (Phi) is 5.48. The Morgan fingerprint density at radius 3 is 2.37 bits per heavy atom. The standard InChI is InChI=1S/C19H23N3O4S/c1-13(19(24)22-10-8-15(9-11-22)18(20)23)21-27(25,26)17-7-6-14-4-2-3-5-16(14)12-17/h2-7,12-13,15,21H,8-11H2,1H3,(H2,20,23)/t13-/m0/s1. The maximum Gasteiger partial charge on any atom is 0.241 e. The third-order valence-corrected chi connectivity index (χ3v) is 6.48. The van der Waals surface area contributed by atoms with Gasteiger partial charge in [0.25, 0.3) is 0 Å². The summed E-state index contributed by atoms with van der Waals surface area (Å²) in [4.78, 5) is 25.5. The second kappa shape index (κ2) is 7.66. The molecule has 144 valence electrons. The summed E-state index contributed by atoms with van der Waals surface area (Å²) in [6.45, 7) is 2.32. The molecule has 8 heteroatoms. The van der Waals surface area contributed by atoms with Gasteiger partial charge in [0.2, 0.25) is 21.8 Å². The van der Waals surface area contributed by atoms with Gasteiger partial charge >= 0.3 is 0 Å². The summed E-state index contributed by atoms with van der Waals surface area (Å²) in [6.07, 6.45) is 1.01. The van der Waals surface area contributed by atoms with Crippen molar-refractivity contribution < 1.29 is 18.0 Å². The lowest BCUT2D eigenvalue weighted by atomic mass is 9.96. The van der Waals surface area contributed by atoms with Crippen LogP contribution in [-0.2, 0) is 19.6 Å². The molecule has 27 heavy (non-hydrogen) atoms. The Morgan fingerprint density at radius 2 is 1.74 bits per heavy atom. The zero-order valence-electron chi connectivity index (χ0n) is 15.1. The number of amides is 2. The van der Waals surface area contributed by atoms with Gasteiger partial charge in [0.05, 0.1) is 10.9 Å². The second-order valence-corrected chi connectivity index (χ2v) is 8.57. The molecule has 3 rings (SSSR count).